The molecule has 2 saturated heterocycles. The predicted molar refractivity (Wildman–Crippen MR) is 102 cm³/mol. The van der Waals surface area contributed by atoms with Gasteiger partial charge in [0, 0.05) is 23.1 Å². The van der Waals surface area contributed by atoms with Gasteiger partial charge in [-0.15, -0.1) is 0 Å². The van der Waals surface area contributed by atoms with Crippen LogP contribution in [-0.2, 0) is 24.6 Å². The summed E-state index contributed by atoms with van der Waals surface area (Å²) in [7, 11) is 0. The monoisotopic (exact) mass is 444 g/mol. The highest BCUT2D eigenvalue weighted by atomic mass is 16.6. The fourth-order valence-electron chi connectivity index (χ4n) is 5.95. The predicted octanol–water partition coefficient (Wildman–Crippen LogP) is 0.288. The van der Waals surface area contributed by atoms with Gasteiger partial charge in [0.2, 0.25) is 0 Å². The van der Waals surface area contributed by atoms with Crippen LogP contribution in [0.5, 0.6) is 11.5 Å². The van der Waals surface area contributed by atoms with Crippen LogP contribution < -0.4 is 0 Å². The molecule has 1 unspecified atom stereocenters. The Hall–Kier alpha value is -2.79. The fraction of sp³-hybridized carbons (Fsp3) is 0.500. The van der Waals surface area contributed by atoms with Crippen LogP contribution in [0, 0.1) is 0 Å². The number of rotatable bonds is 0. The minimum atomic E-state index is -2.08. The Morgan fingerprint density at radius 2 is 1.62 bits per heavy atom. The number of aliphatic hydroxyl groups is 2. The maximum atomic E-state index is 13.6. The second kappa shape index (κ2) is 5.96. The van der Waals surface area contributed by atoms with Gasteiger partial charge in [0.05, 0.1) is 47.5 Å². The van der Waals surface area contributed by atoms with E-state index in [1.807, 2.05) is 0 Å². The van der Waals surface area contributed by atoms with E-state index in [2.05, 4.69) is 0 Å². The van der Waals surface area contributed by atoms with Gasteiger partial charge in [0.15, 0.2) is 17.7 Å². The lowest BCUT2D eigenvalue weighted by Gasteiger charge is -2.52. The molecular weight excluding hydrogens is 424 g/mol. The average molecular weight is 444 g/mol. The first-order valence-corrected chi connectivity index (χ1v) is 10.4. The number of ether oxygens (including phenoxy) is 3. The number of aromatic hydroxyl groups is 2. The molecule has 10 heteroatoms. The third-order valence-electron chi connectivity index (χ3n) is 7.41. The second-order valence-electron chi connectivity index (χ2n) is 9.00. The second-order valence-corrected chi connectivity index (χ2v) is 9.00. The largest absolute Gasteiger partial charge is 0.507 e. The summed E-state index contributed by atoms with van der Waals surface area (Å²) >= 11 is 0. The molecule has 4 aliphatic heterocycles. The molecule has 2 aliphatic carbocycles. The summed E-state index contributed by atoms with van der Waals surface area (Å²) in [6.45, 7) is 3.06. The van der Waals surface area contributed by atoms with Gasteiger partial charge >= 0.3 is 5.97 Å². The van der Waals surface area contributed by atoms with E-state index in [0.29, 0.717) is 0 Å². The molecule has 32 heavy (non-hydrogen) atoms. The molecule has 0 spiro atoms. The van der Waals surface area contributed by atoms with E-state index in [1.165, 1.54) is 6.92 Å². The van der Waals surface area contributed by atoms with Crippen molar-refractivity contribution in [1.82, 2.24) is 0 Å². The summed E-state index contributed by atoms with van der Waals surface area (Å²) < 4.78 is 16.7. The summed E-state index contributed by atoms with van der Waals surface area (Å²) in [4.78, 5) is 39.0. The van der Waals surface area contributed by atoms with E-state index >= 15 is 0 Å². The molecule has 168 valence electrons. The number of hydrogen-bond donors (Lipinski definition) is 4. The quantitative estimate of drug-likeness (QED) is 0.323. The highest BCUT2D eigenvalue weighted by Crippen LogP contribution is 2.59. The number of phenols is 2. The maximum absolute atomic E-state index is 13.6. The Kier molecular flexibility index (Phi) is 3.70. The molecule has 4 N–H and O–H groups in total. The molecule has 6 aliphatic rings. The Balaban J connectivity index is 1.64. The molecule has 2 bridgehead atoms. The lowest BCUT2D eigenvalue weighted by atomic mass is 9.66. The minimum absolute atomic E-state index is 0.0302. The van der Waals surface area contributed by atoms with Crippen molar-refractivity contribution in [1.29, 1.82) is 0 Å². The van der Waals surface area contributed by atoms with Crippen molar-refractivity contribution in [3.05, 3.63) is 33.4 Å². The Bertz CT molecular complexity index is 1170. The Morgan fingerprint density at radius 3 is 2.31 bits per heavy atom. The molecule has 1 aromatic carbocycles. The molecule has 0 amide bonds. The number of carbonyl (C=O) groups is 3. The zero-order valence-corrected chi connectivity index (χ0v) is 17.1. The van der Waals surface area contributed by atoms with Crippen molar-refractivity contribution in [2.24, 2.45) is 0 Å². The zero-order chi connectivity index (χ0) is 22.9. The van der Waals surface area contributed by atoms with E-state index in [0.717, 1.165) is 0 Å². The molecule has 1 aromatic rings. The molecule has 10 nitrogen and oxygen atoms in total. The first kappa shape index (κ1) is 19.9. The van der Waals surface area contributed by atoms with Crippen LogP contribution in [0.3, 0.4) is 0 Å². The van der Waals surface area contributed by atoms with Gasteiger partial charge in [-0.3, -0.25) is 14.4 Å². The van der Waals surface area contributed by atoms with E-state index in [-0.39, 0.29) is 35.1 Å². The standard InChI is InChI=1S/C22H20O10/c1-5-11-15(21-8(30-5)4-10(24)32-21)19(27)13-14(17(11)25)20(28)16-12(18(13)26)7-3-9(23)22(16,29)6(2)31-7/h5-9,21,23,26,28-29H,3-4H2,1-2H3/t5?,6-,7-,8+,9-,21-,22+/m0/s1. The highest BCUT2D eigenvalue weighted by Gasteiger charge is 2.60. The van der Waals surface area contributed by atoms with Gasteiger partial charge in [0.25, 0.3) is 0 Å². The van der Waals surface area contributed by atoms with Gasteiger partial charge in [-0.25, -0.2) is 0 Å². The van der Waals surface area contributed by atoms with Crippen LogP contribution in [0.15, 0.2) is 11.1 Å². The summed E-state index contributed by atoms with van der Waals surface area (Å²) in [5, 5.41) is 44.1. The number of ketones is 2. The van der Waals surface area contributed by atoms with Crippen molar-refractivity contribution in [2.45, 2.75) is 68.9 Å². The fourth-order valence-corrected chi connectivity index (χ4v) is 5.95. The number of esters is 1. The highest BCUT2D eigenvalue weighted by molar-refractivity contribution is 6.30. The average Bonchev–Trinajstić information content (AvgIpc) is 3.09. The summed E-state index contributed by atoms with van der Waals surface area (Å²) in [6.07, 6.45) is -5.98. The van der Waals surface area contributed by atoms with Gasteiger partial charge in [0.1, 0.15) is 23.2 Å². The van der Waals surface area contributed by atoms with E-state index in [9.17, 15) is 34.8 Å². The summed E-state index contributed by atoms with van der Waals surface area (Å²) in [6, 6.07) is 0. The molecule has 2 fully saturated rings. The SMILES string of the molecule is CC1O[C@@H]2CC(=O)O[C@@H]2C2=C1C(=O)c1c(O)c3c(c(O)c1C2=O)[C@@H]1C[C@H](O)[C@]3(O)[C@H](C)O1. The molecule has 7 rings (SSSR count). The summed E-state index contributed by atoms with van der Waals surface area (Å²) in [5.41, 5.74) is -3.36. The first-order valence-electron chi connectivity index (χ1n) is 10.4. The van der Waals surface area contributed by atoms with Crippen LogP contribution in [-0.4, -0.2) is 68.5 Å². The number of benzene rings is 1. The van der Waals surface area contributed by atoms with Crippen LogP contribution in [0.25, 0.3) is 0 Å². The van der Waals surface area contributed by atoms with Crippen molar-refractivity contribution < 1.29 is 49.0 Å². The topological polar surface area (TPSA) is 160 Å². The smallest absolute Gasteiger partial charge is 0.309 e. The van der Waals surface area contributed by atoms with E-state index < -0.39 is 82.4 Å². The van der Waals surface area contributed by atoms with Crippen LogP contribution >= 0.6 is 0 Å². The Morgan fingerprint density at radius 1 is 0.969 bits per heavy atom. The zero-order valence-electron chi connectivity index (χ0n) is 17.1. The van der Waals surface area contributed by atoms with E-state index in [4.69, 9.17) is 14.2 Å². The van der Waals surface area contributed by atoms with Crippen molar-refractivity contribution >= 4 is 17.5 Å². The minimum Gasteiger partial charge on any atom is -0.507 e. The first-order chi connectivity index (χ1) is 15.1. The molecule has 0 radical (unpaired) electrons. The third-order valence-corrected chi connectivity index (χ3v) is 7.41. The number of fused-ring (bicyclic) bond motifs is 5. The van der Waals surface area contributed by atoms with Gasteiger partial charge < -0.3 is 34.6 Å². The number of Topliss-reactive ketones (excluding diaryl/α,β-unsaturated/α-hetero) is 2. The molecule has 0 saturated carbocycles. The normalized spacial score (nSPS) is 39.4. The molecule has 7 atom stereocenters. The third kappa shape index (κ3) is 2.06. The van der Waals surface area contributed by atoms with E-state index in [1.54, 1.807) is 6.92 Å². The number of aliphatic hydroxyl groups excluding tert-OH is 1. The molecule has 4 heterocycles. The van der Waals surface area contributed by atoms with Crippen LogP contribution in [0.2, 0.25) is 0 Å². The number of phenolic OH excluding ortho intramolecular Hbond substituents is 2. The Labute approximate surface area is 181 Å². The van der Waals surface area contributed by atoms with Gasteiger partial charge in [-0.2, -0.15) is 0 Å². The molecule has 0 aromatic heterocycles. The van der Waals surface area contributed by atoms with Gasteiger partial charge in [-0.1, -0.05) is 0 Å². The molecular formula is C22H20O10. The van der Waals surface area contributed by atoms with Crippen molar-refractivity contribution in [3.8, 4) is 11.5 Å². The van der Waals surface area contributed by atoms with Crippen LogP contribution in [0.1, 0.15) is 64.6 Å². The van der Waals surface area contributed by atoms with Crippen molar-refractivity contribution in [3.63, 3.8) is 0 Å². The van der Waals surface area contributed by atoms with Crippen molar-refractivity contribution in [2.75, 3.05) is 0 Å². The lowest BCUT2D eigenvalue weighted by Crippen LogP contribution is -2.58. The lowest BCUT2D eigenvalue weighted by molar-refractivity contribution is -0.246. The maximum Gasteiger partial charge on any atom is 0.309 e. The number of carbonyl (C=O) groups excluding carboxylic acids is 3. The number of hydrogen-bond acceptors (Lipinski definition) is 10. The summed E-state index contributed by atoms with van der Waals surface area (Å²) in [5.74, 6) is -3.38. The van der Waals surface area contributed by atoms with Crippen LogP contribution in [0.4, 0.5) is 0 Å². The van der Waals surface area contributed by atoms with Gasteiger partial charge in [-0.05, 0) is 13.8 Å².